The summed E-state index contributed by atoms with van der Waals surface area (Å²) < 4.78 is 5.63. The number of rotatable bonds is 6. The lowest BCUT2D eigenvalue weighted by atomic mass is 9.72. The summed E-state index contributed by atoms with van der Waals surface area (Å²) >= 11 is 0. The molecule has 0 amide bonds. The number of hydrogen-bond donors (Lipinski definition) is 2. The Bertz CT molecular complexity index is 513. The number of aryl methyl sites for hydroxylation is 1. The van der Waals surface area contributed by atoms with Gasteiger partial charge in [-0.1, -0.05) is 31.2 Å². The minimum Gasteiger partial charge on any atom is -0.381 e. The van der Waals surface area contributed by atoms with E-state index in [0.29, 0.717) is 0 Å². The third kappa shape index (κ3) is 5.62. The number of nitrogens with one attached hydrogen (secondary N) is 2. The van der Waals surface area contributed by atoms with Gasteiger partial charge in [-0.25, -0.2) is 0 Å². The fourth-order valence-corrected chi connectivity index (χ4v) is 3.26. The van der Waals surface area contributed by atoms with Gasteiger partial charge < -0.3 is 15.4 Å². The van der Waals surface area contributed by atoms with Crippen molar-refractivity contribution in [2.24, 2.45) is 4.99 Å². The average Bonchev–Trinajstić information content (AvgIpc) is 2.58. The number of nitrogens with zero attached hydrogens (tertiary/aromatic N) is 1. The van der Waals surface area contributed by atoms with Crippen molar-refractivity contribution in [1.82, 2.24) is 10.6 Å². The molecule has 2 N–H and O–H groups in total. The lowest BCUT2D eigenvalue weighted by molar-refractivity contribution is 0.0529. The molecule has 0 aromatic heterocycles. The first-order chi connectivity index (χ1) is 11.2. The monoisotopic (exact) mass is 445 g/mol. The van der Waals surface area contributed by atoms with Crippen LogP contribution in [0, 0.1) is 6.92 Å². The van der Waals surface area contributed by atoms with Gasteiger partial charge in [0, 0.05) is 31.7 Å². The lowest BCUT2D eigenvalue weighted by Crippen LogP contribution is -2.41. The normalized spacial score (nSPS) is 17.0. The van der Waals surface area contributed by atoms with Crippen LogP contribution in [-0.4, -0.2) is 38.8 Å². The van der Waals surface area contributed by atoms with Crippen molar-refractivity contribution >= 4 is 29.9 Å². The van der Waals surface area contributed by atoms with E-state index < -0.39 is 0 Å². The van der Waals surface area contributed by atoms with Crippen LogP contribution in [0.3, 0.4) is 0 Å². The van der Waals surface area contributed by atoms with Crippen LogP contribution in [0.1, 0.15) is 44.2 Å². The van der Waals surface area contributed by atoms with E-state index in [9.17, 15) is 0 Å². The number of benzene rings is 1. The topological polar surface area (TPSA) is 45.7 Å². The van der Waals surface area contributed by atoms with Crippen molar-refractivity contribution in [1.29, 1.82) is 0 Å². The second-order valence-corrected chi connectivity index (χ2v) is 6.33. The molecule has 0 aliphatic carbocycles. The highest BCUT2D eigenvalue weighted by Gasteiger charge is 2.35. The first-order valence-electron chi connectivity index (χ1n) is 8.88. The van der Waals surface area contributed by atoms with Crippen LogP contribution in [0.15, 0.2) is 29.3 Å². The van der Waals surface area contributed by atoms with Crippen LogP contribution < -0.4 is 10.6 Å². The molecule has 24 heavy (non-hydrogen) atoms. The van der Waals surface area contributed by atoms with Crippen LogP contribution in [0.5, 0.6) is 0 Å². The zero-order chi connectivity index (χ0) is 16.5. The Morgan fingerprint density at radius 1 is 1.17 bits per heavy atom. The quantitative estimate of drug-likeness (QED) is 0.400. The molecule has 136 valence electrons. The van der Waals surface area contributed by atoms with Crippen molar-refractivity contribution < 1.29 is 4.74 Å². The fourth-order valence-electron chi connectivity index (χ4n) is 3.26. The average molecular weight is 445 g/mol. The molecular weight excluding hydrogens is 413 g/mol. The van der Waals surface area contributed by atoms with Gasteiger partial charge in [0.1, 0.15) is 0 Å². The SMILES string of the molecule is CCCNC(=NCC1(c2ccccc2C)CCOCC1)NCC.I. The summed E-state index contributed by atoms with van der Waals surface area (Å²) in [5, 5.41) is 6.75. The summed E-state index contributed by atoms with van der Waals surface area (Å²) in [4.78, 5) is 4.90. The van der Waals surface area contributed by atoms with Crippen LogP contribution in [-0.2, 0) is 10.2 Å². The molecule has 1 aliphatic heterocycles. The molecule has 0 spiro atoms. The van der Waals surface area contributed by atoms with Gasteiger partial charge in [-0.3, -0.25) is 4.99 Å². The van der Waals surface area contributed by atoms with Gasteiger partial charge in [0.25, 0.3) is 0 Å². The Labute approximate surface area is 163 Å². The fraction of sp³-hybridized carbons (Fsp3) is 0.632. The van der Waals surface area contributed by atoms with E-state index in [1.807, 2.05) is 0 Å². The second-order valence-electron chi connectivity index (χ2n) is 6.33. The van der Waals surface area contributed by atoms with Crippen molar-refractivity contribution in [2.75, 3.05) is 32.8 Å². The van der Waals surface area contributed by atoms with E-state index in [1.54, 1.807) is 0 Å². The Morgan fingerprint density at radius 2 is 1.88 bits per heavy atom. The molecule has 1 heterocycles. The highest BCUT2D eigenvalue weighted by atomic mass is 127. The molecule has 1 saturated heterocycles. The molecule has 1 aliphatic rings. The molecule has 4 nitrogen and oxygen atoms in total. The highest BCUT2D eigenvalue weighted by molar-refractivity contribution is 14.0. The molecule has 1 aromatic carbocycles. The minimum absolute atomic E-state index is 0. The molecule has 1 aromatic rings. The van der Waals surface area contributed by atoms with Crippen LogP contribution in [0.2, 0.25) is 0 Å². The molecule has 1 fully saturated rings. The number of guanidine groups is 1. The summed E-state index contributed by atoms with van der Waals surface area (Å²) in [5.74, 6) is 0.925. The zero-order valence-electron chi connectivity index (χ0n) is 15.2. The van der Waals surface area contributed by atoms with Crippen LogP contribution >= 0.6 is 24.0 Å². The summed E-state index contributed by atoms with van der Waals surface area (Å²) in [7, 11) is 0. The van der Waals surface area contributed by atoms with E-state index in [-0.39, 0.29) is 29.4 Å². The predicted molar refractivity (Wildman–Crippen MR) is 113 cm³/mol. The minimum atomic E-state index is 0. The van der Waals surface area contributed by atoms with Gasteiger partial charge >= 0.3 is 0 Å². The second kappa shape index (κ2) is 10.9. The molecule has 0 bridgehead atoms. The summed E-state index contributed by atoms with van der Waals surface area (Å²) in [6, 6.07) is 8.73. The summed E-state index contributed by atoms with van der Waals surface area (Å²) in [5.41, 5.74) is 2.88. The predicted octanol–water partition coefficient (Wildman–Crippen LogP) is 3.63. The molecule has 0 saturated carbocycles. The van der Waals surface area contributed by atoms with Crippen molar-refractivity contribution in [3.63, 3.8) is 0 Å². The van der Waals surface area contributed by atoms with Crippen molar-refractivity contribution in [2.45, 2.75) is 45.4 Å². The molecule has 0 atom stereocenters. The van der Waals surface area contributed by atoms with Gasteiger partial charge in [0.05, 0.1) is 6.54 Å². The van der Waals surface area contributed by atoms with E-state index in [4.69, 9.17) is 9.73 Å². The Morgan fingerprint density at radius 3 is 2.50 bits per heavy atom. The molecule has 5 heteroatoms. The van der Waals surface area contributed by atoms with Gasteiger partial charge in [0.15, 0.2) is 5.96 Å². The van der Waals surface area contributed by atoms with Gasteiger partial charge in [-0.15, -0.1) is 24.0 Å². The van der Waals surface area contributed by atoms with E-state index in [1.165, 1.54) is 11.1 Å². The number of aliphatic imine (C=N–C) groups is 1. The Balaban J connectivity index is 0.00000288. The first kappa shape index (κ1) is 21.2. The van der Waals surface area contributed by atoms with E-state index in [0.717, 1.165) is 58.1 Å². The molecule has 0 radical (unpaired) electrons. The number of hydrogen-bond acceptors (Lipinski definition) is 2. The van der Waals surface area contributed by atoms with Gasteiger partial charge in [0.2, 0.25) is 0 Å². The summed E-state index contributed by atoms with van der Waals surface area (Å²) in [6.45, 7) is 10.8. The Hall–Kier alpha value is -0.820. The number of halogens is 1. The van der Waals surface area contributed by atoms with E-state index >= 15 is 0 Å². The maximum Gasteiger partial charge on any atom is 0.191 e. The molecule has 0 unspecified atom stereocenters. The van der Waals surface area contributed by atoms with E-state index in [2.05, 4.69) is 55.7 Å². The highest BCUT2D eigenvalue weighted by Crippen LogP contribution is 2.36. The smallest absolute Gasteiger partial charge is 0.191 e. The van der Waals surface area contributed by atoms with Gasteiger partial charge in [-0.05, 0) is 44.2 Å². The maximum atomic E-state index is 5.63. The third-order valence-electron chi connectivity index (χ3n) is 4.59. The standard InChI is InChI=1S/C19H31N3O.HI/c1-4-12-21-18(20-5-2)22-15-19(10-13-23-14-11-19)17-9-7-6-8-16(17)3;/h6-9H,4-5,10-15H2,1-3H3,(H2,20,21,22);1H. The lowest BCUT2D eigenvalue weighted by Gasteiger charge is -2.37. The molecule has 2 rings (SSSR count). The van der Waals surface area contributed by atoms with Gasteiger partial charge in [-0.2, -0.15) is 0 Å². The maximum absolute atomic E-state index is 5.63. The zero-order valence-corrected chi connectivity index (χ0v) is 17.6. The summed E-state index contributed by atoms with van der Waals surface area (Å²) in [6.07, 6.45) is 3.17. The Kier molecular flexibility index (Phi) is 9.66. The molecular formula is C19H32IN3O. The third-order valence-corrected chi connectivity index (χ3v) is 4.59. The van der Waals surface area contributed by atoms with Crippen LogP contribution in [0.4, 0.5) is 0 Å². The number of ether oxygens (including phenoxy) is 1. The largest absolute Gasteiger partial charge is 0.381 e. The van der Waals surface area contributed by atoms with Crippen molar-refractivity contribution in [3.8, 4) is 0 Å². The van der Waals surface area contributed by atoms with Crippen LogP contribution in [0.25, 0.3) is 0 Å². The van der Waals surface area contributed by atoms with Crippen molar-refractivity contribution in [3.05, 3.63) is 35.4 Å². The first-order valence-corrected chi connectivity index (χ1v) is 8.88.